The first-order valence-electron chi connectivity index (χ1n) is 5.74. The summed E-state index contributed by atoms with van der Waals surface area (Å²) >= 11 is 0. The molecule has 0 heterocycles. The number of ether oxygens (including phenoxy) is 2. The third-order valence-corrected chi connectivity index (χ3v) is 2.92. The Labute approximate surface area is 92.8 Å². The van der Waals surface area contributed by atoms with Crippen LogP contribution in [0.25, 0.3) is 0 Å². The van der Waals surface area contributed by atoms with Crippen LogP contribution in [0, 0.1) is 0 Å². The number of hydrogen-bond donors (Lipinski definition) is 1. The monoisotopic (exact) mass is 213 g/mol. The molecule has 88 valence electrons. The van der Waals surface area contributed by atoms with Crippen LogP contribution in [0.15, 0.2) is 12.7 Å². The molecule has 0 aromatic heterocycles. The van der Waals surface area contributed by atoms with Gasteiger partial charge in [-0.3, -0.25) is 0 Å². The Bertz CT molecular complexity index is 196. The van der Waals surface area contributed by atoms with E-state index in [2.05, 4.69) is 18.8 Å². The average molecular weight is 213 g/mol. The van der Waals surface area contributed by atoms with E-state index in [0.29, 0.717) is 12.1 Å². The van der Waals surface area contributed by atoms with E-state index in [4.69, 9.17) is 9.47 Å². The first kappa shape index (κ1) is 12.7. The molecular formula is C12H23NO2. The summed E-state index contributed by atoms with van der Waals surface area (Å²) in [6.07, 6.45) is 4.46. The van der Waals surface area contributed by atoms with Crippen LogP contribution in [0.4, 0.5) is 0 Å². The summed E-state index contributed by atoms with van der Waals surface area (Å²) < 4.78 is 11.0. The van der Waals surface area contributed by atoms with E-state index in [0.717, 1.165) is 19.4 Å². The second-order valence-corrected chi connectivity index (χ2v) is 4.13. The third kappa shape index (κ3) is 3.30. The molecule has 3 nitrogen and oxygen atoms in total. The van der Waals surface area contributed by atoms with Gasteiger partial charge in [0.25, 0.3) is 0 Å². The highest BCUT2D eigenvalue weighted by atomic mass is 16.5. The molecule has 1 aliphatic carbocycles. The summed E-state index contributed by atoms with van der Waals surface area (Å²) in [5.74, 6) is 0. The fourth-order valence-corrected chi connectivity index (χ4v) is 2.12. The second-order valence-electron chi connectivity index (χ2n) is 4.13. The summed E-state index contributed by atoms with van der Waals surface area (Å²) in [7, 11) is 1.75. The Balaban J connectivity index is 2.29. The van der Waals surface area contributed by atoms with Crippen molar-refractivity contribution >= 4 is 0 Å². The molecule has 15 heavy (non-hydrogen) atoms. The minimum atomic E-state index is 0.206. The van der Waals surface area contributed by atoms with Crippen molar-refractivity contribution in [2.45, 2.75) is 51.0 Å². The molecule has 0 radical (unpaired) electrons. The van der Waals surface area contributed by atoms with Gasteiger partial charge in [0.1, 0.15) is 0 Å². The molecule has 1 saturated carbocycles. The Kier molecular flexibility index (Phi) is 5.29. The first-order chi connectivity index (χ1) is 7.22. The highest BCUT2D eigenvalue weighted by Gasteiger charge is 2.42. The van der Waals surface area contributed by atoms with E-state index in [9.17, 15) is 0 Å². The van der Waals surface area contributed by atoms with Gasteiger partial charge in [0, 0.05) is 25.8 Å². The third-order valence-electron chi connectivity index (χ3n) is 2.92. The molecule has 0 aliphatic heterocycles. The predicted molar refractivity (Wildman–Crippen MR) is 62.0 cm³/mol. The minimum Gasteiger partial charge on any atom is -0.377 e. The molecular weight excluding hydrogens is 190 g/mol. The Morgan fingerprint density at radius 2 is 2.33 bits per heavy atom. The van der Waals surface area contributed by atoms with Gasteiger partial charge in [-0.1, -0.05) is 6.08 Å². The molecule has 0 saturated heterocycles. The molecule has 4 atom stereocenters. The topological polar surface area (TPSA) is 30.5 Å². The van der Waals surface area contributed by atoms with Crippen molar-refractivity contribution in [3.8, 4) is 0 Å². The number of hydrogen-bond acceptors (Lipinski definition) is 3. The van der Waals surface area contributed by atoms with Gasteiger partial charge in [0.15, 0.2) is 0 Å². The maximum atomic E-state index is 5.57. The number of methoxy groups -OCH3 is 1. The van der Waals surface area contributed by atoms with Crippen LogP contribution < -0.4 is 5.32 Å². The van der Waals surface area contributed by atoms with Crippen molar-refractivity contribution < 1.29 is 9.47 Å². The lowest BCUT2D eigenvalue weighted by atomic mass is 9.84. The Morgan fingerprint density at radius 1 is 1.60 bits per heavy atom. The van der Waals surface area contributed by atoms with Gasteiger partial charge in [-0.05, 0) is 26.7 Å². The molecule has 0 spiro atoms. The van der Waals surface area contributed by atoms with Gasteiger partial charge in [0.2, 0.25) is 0 Å². The molecule has 0 bridgehead atoms. The van der Waals surface area contributed by atoms with Crippen molar-refractivity contribution in [2.75, 3.05) is 13.7 Å². The highest BCUT2D eigenvalue weighted by Crippen LogP contribution is 2.27. The summed E-state index contributed by atoms with van der Waals surface area (Å²) in [4.78, 5) is 0. The Hall–Kier alpha value is -0.380. The summed E-state index contributed by atoms with van der Waals surface area (Å²) in [5, 5.41) is 3.53. The molecule has 4 unspecified atom stereocenters. The van der Waals surface area contributed by atoms with Crippen molar-refractivity contribution in [1.29, 1.82) is 0 Å². The molecule has 0 aromatic rings. The lowest BCUT2D eigenvalue weighted by Crippen LogP contribution is -2.61. The van der Waals surface area contributed by atoms with Crippen molar-refractivity contribution in [2.24, 2.45) is 0 Å². The zero-order chi connectivity index (χ0) is 11.3. The van der Waals surface area contributed by atoms with Crippen LogP contribution in [-0.2, 0) is 9.47 Å². The van der Waals surface area contributed by atoms with Crippen LogP contribution in [0.5, 0.6) is 0 Å². The van der Waals surface area contributed by atoms with Gasteiger partial charge in [0.05, 0.1) is 12.2 Å². The second kappa shape index (κ2) is 6.26. The largest absolute Gasteiger partial charge is 0.377 e. The van der Waals surface area contributed by atoms with E-state index in [-0.39, 0.29) is 12.2 Å². The normalized spacial score (nSPS) is 32.1. The van der Waals surface area contributed by atoms with E-state index in [1.165, 1.54) is 0 Å². The maximum Gasteiger partial charge on any atom is 0.0986 e. The maximum absolute atomic E-state index is 5.57. The quantitative estimate of drug-likeness (QED) is 0.653. The lowest BCUT2D eigenvalue weighted by molar-refractivity contribution is -0.132. The molecule has 0 amide bonds. The molecule has 0 aromatic carbocycles. The molecule has 1 N–H and O–H groups in total. The smallest absolute Gasteiger partial charge is 0.0986 e. The molecule has 1 fully saturated rings. The minimum absolute atomic E-state index is 0.206. The Morgan fingerprint density at radius 3 is 2.87 bits per heavy atom. The zero-order valence-electron chi connectivity index (χ0n) is 10.0. The summed E-state index contributed by atoms with van der Waals surface area (Å²) in [6, 6.07) is 0.897. The number of nitrogens with one attached hydrogen (secondary N) is 1. The van der Waals surface area contributed by atoms with E-state index in [1.807, 2.05) is 13.0 Å². The SMILES string of the molecule is C=CCC(C)NC1CC(OCC)C1OC. The number of rotatable bonds is 7. The van der Waals surface area contributed by atoms with Crippen molar-refractivity contribution in [3.63, 3.8) is 0 Å². The van der Waals surface area contributed by atoms with Crippen LogP contribution in [0.3, 0.4) is 0 Å². The summed E-state index contributed by atoms with van der Waals surface area (Å²) in [5.41, 5.74) is 0. The van der Waals surface area contributed by atoms with Crippen LogP contribution in [-0.4, -0.2) is 38.0 Å². The fraction of sp³-hybridized carbons (Fsp3) is 0.833. The van der Waals surface area contributed by atoms with Crippen molar-refractivity contribution in [3.05, 3.63) is 12.7 Å². The average Bonchev–Trinajstić information content (AvgIpc) is 2.17. The van der Waals surface area contributed by atoms with E-state index < -0.39 is 0 Å². The van der Waals surface area contributed by atoms with E-state index in [1.54, 1.807) is 7.11 Å². The lowest BCUT2D eigenvalue weighted by Gasteiger charge is -2.44. The van der Waals surface area contributed by atoms with Crippen molar-refractivity contribution in [1.82, 2.24) is 5.32 Å². The molecule has 3 heteroatoms. The van der Waals surface area contributed by atoms with Gasteiger partial charge in [-0.2, -0.15) is 0 Å². The zero-order valence-corrected chi connectivity index (χ0v) is 10.0. The summed E-state index contributed by atoms with van der Waals surface area (Å²) in [6.45, 7) is 8.69. The van der Waals surface area contributed by atoms with Crippen LogP contribution >= 0.6 is 0 Å². The first-order valence-corrected chi connectivity index (χ1v) is 5.74. The van der Waals surface area contributed by atoms with Gasteiger partial charge in [-0.15, -0.1) is 6.58 Å². The molecule has 1 rings (SSSR count). The van der Waals surface area contributed by atoms with Gasteiger partial charge < -0.3 is 14.8 Å². The standard InChI is InChI=1S/C12H23NO2/c1-5-7-9(3)13-10-8-11(15-6-2)12(10)14-4/h5,9-13H,1,6-8H2,2-4H3. The predicted octanol–water partition coefficient (Wildman–Crippen LogP) is 1.73. The van der Waals surface area contributed by atoms with Gasteiger partial charge in [-0.25, -0.2) is 0 Å². The van der Waals surface area contributed by atoms with Crippen LogP contribution in [0.2, 0.25) is 0 Å². The highest BCUT2D eigenvalue weighted by molar-refractivity contribution is 4.98. The van der Waals surface area contributed by atoms with Gasteiger partial charge >= 0.3 is 0 Å². The van der Waals surface area contributed by atoms with E-state index >= 15 is 0 Å². The fourth-order valence-electron chi connectivity index (χ4n) is 2.12. The van der Waals surface area contributed by atoms with Crippen LogP contribution in [0.1, 0.15) is 26.7 Å². The molecule has 1 aliphatic rings.